The van der Waals surface area contributed by atoms with Crippen molar-refractivity contribution in [2.24, 2.45) is 0 Å². The summed E-state index contributed by atoms with van der Waals surface area (Å²) in [4.78, 5) is 0. The zero-order valence-corrected chi connectivity index (χ0v) is 9.01. The largest absolute Gasteiger partial charge is 0.496 e. The molecular formula is C10H11F3O3. The summed E-state index contributed by atoms with van der Waals surface area (Å²) in [5, 5.41) is 0. The van der Waals surface area contributed by atoms with Crippen LogP contribution in [0.5, 0.6) is 17.2 Å². The van der Waals surface area contributed by atoms with Gasteiger partial charge < -0.3 is 14.2 Å². The zero-order chi connectivity index (χ0) is 12.3. The number of hydrogen-bond acceptors (Lipinski definition) is 3. The fourth-order valence-corrected chi connectivity index (χ4v) is 1.35. The Kier molecular flexibility index (Phi) is 3.51. The van der Waals surface area contributed by atoms with Crippen LogP contribution in [-0.4, -0.2) is 21.3 Å². The van der Waals surface area contributed by atoms with Crippen LogP contribution in [0, 0.1) is 0 Å². The smallest absolute Gasteiger partial charge is 0.423 e. The average Bonchev–Trinajstić information content (AvgIpc) is 2.25. The van der Waals surface area contributed by atoms with Gasteiger partial charge in [0, 0.05) is 0 Å². The van der Waals surface area contributed by atoms with Crippen LogP contribution >= 0.6 is 0 Å². The van der Waals surface area contributed by atoms with Crippen LogP contribution < -0.4 is 14.2 Å². The molecule has 0 saturated heterocycles. The lowest BCUT2D eigenvalue weighted by molar-refractivity contribution is -0.140. The number of hydrogen-bond donors (Lipinski definition) is 0. The molecule has 0 amide bonds. The fourth-order valence-electron chi connectivity index (χ4n) is 1.35. The predicted octanol–water partition coefficient (Wildman–Crippen LogP) is 2.73. The second-order valence-electron chi connectivity index (χ2n) is 2.88. The third-order valence-electron chi connectivity index (χ3n) is 2.01. The number of methoxy groups -OCH3 is 3. The molecule has 1 rings (SSSR count). The van der Waals surface area contributed by atoms with E-state index >= 15 is 0 Å². The van der Waals surface area contributed by atoms with Crippen molar-refractivity contribution in [1.82, 2.24) is 0 Å². The minimum atomic E-state index is -4.56. The maximum absolute atomic E-state index is 12.8. The summed E-state index contributed by atoms with van der Waals surface area (Å²) in [5.41, 5.74) is -0.975. The molecule has 1 aromatic rings. The molecule has 0 aliphatic heterocycles. The van der Waals surface area contributed by atoms with Crippen LogP contribution in [-0.2, 0) is 6.18 Å². The molecule has 0 bridgehead atoms. The minimum Gasteiger partial charge on any atom is -0.496 e. The van der Waals surface area contributed by atoms with Crippen LogP contribution in [0.3, 0.4) is 0 Å². The normalized spacial score (nSPS) is 11.1. The summed E-state index contributed by atoms with van der Waals surface area (Å²) < 4.78 is 52.5. The van der Waals surface area contributed by atoms with E-state index in [-0.39, 0.29) is 17.2 Å². The summed E-state index contributed by atoms with van der Waals surface area (Å²) >= 11 is 0. The molecule has 0 unspecified atom stereocenters. The first kappa shape index (κ1) is 12.5. The summed E-state index contributed by atoms with van der Waals surface area (Å²) in [6.07, 6.45) is -4.56. The standard InChI is InChI=1S/C10H11F3O3/c1-14-6-4-5-7(15-2)9(16-3)8(6)10(11,12)13/h4-5H,1-3H3. The maximum atomic E-state index is 12.8. The Balaban J connectivity index is 3.49. The van der Waals surface area contributed by atoms with Gasteiger partial charge in [-0.2, -0.15) is 13.2 Å². The SMILES string of the molecule is COc1ccc(OC)c(C(F)(F)F)c1OC. The van der Waals surface area contributed by atoms with Gasteiger partial charge in [0.05, 0.1) is 21.3 Å². The second-order valence-corrected chi connectivity index (χ2v) is 2.88. The van der Waals surface area contributed by atoms with Crippen LogP contribution in [0.4, 0.5) is 13.2 Å². The van der Waals surface area contributed by atoms with Gasteiger partial charge in [0.1, 0.15) is 11.3 Å². The van der Waals surface area contributed by atoms with E-state index in [0.29, 0.717) is 0 Å². The van der Waals surface area contributed by atoms with Crippen molar-refractivity contribution in [2.75, 3.05) is 21.3 Å². The van der Waals surface area contributed by atoms with Crippen molar-refractivity contribution in [3.05, 3.63) is 17.7 Å². The first-order chi connectivity index (χ1) is 7.45. The maximum Gasteiger partial charge on any atom is 0.423 e. The van der Waals surface area contributed by atoms with Crippen LogP contribution in [0.15, 0.2) is 12.1 Å². The summed E-state index contributed by atoms with van der Waals surface area (Å²) in [5.74, 6) is -0.671. The molecule has 0 N–H and O–H groups in total. The van der Waals surface area contributed by atoms with Gasteiger partial charge in [-0.3, -0.25) is 0 Å². The summed E-state index contributed by atoms with van der Waals surface area (Å²) in [6, 6.07) is 2.54. The second kappa shape index (κ2) is 4.51. The molecule has 1 aromatic carbocycles. The van der Waals surface area contributed by atoms with Crippen molar-refractivity contribution in [3.63, 3.8) is 0 Å². The topological polar surface area (TPSA) is 27.7 Å². The Hall–Kier alpha value is -1.59. The highest BCUT2D eigenvalue weighted by Crippen LogP contribution is 2.46. The average molecular weight is 236 g/mol. The van der Waals surface area contributed by atoms with Crippen molar-refractivity contribution in [2.45, 2.75) is 6.18 Å². The molecule has 0 saturated carbocycles. The number of rotatable bonds is 3. The number of benzene rings is 1. The number of halogens is 3. The lowest BCUT2D eigenvalue weighted by Crippen LogP contribution is -2.10. The quantitative estimate of drug-likeness (QED) is 0.807. The summed E-state index contributed by atoms with van der Waals surface area (Å²) in [7, 11) is 3.58. The molecule has 0 aromatic heterocycles. The molecule has 16 heavy (non-hydrogen) atoms. The van der Waals surface area contributed by atoms with E-state index in [1.54, 1.807) is 0 Å². The van der Waals surface area contributed by atoms with E-state index in [0.717, 1.165) is 14.2 Å². The minimum absolute atomic E-state index is 0.00984. The van der Waals surface area contributed by atoms with Gasteiger partial charge in [-0.15, -0.1) is 0 Å². The molecule has 0 aliphatic rings. The highest BCUT2D eigenvalue weighted by molar-refractivity contribution is 5.55. The van der Waals surface area contributed by atoms with E-state index < -0.39 is 11.7 Å². The third-order valence-corrected chi connectivity index (χ3v) is 2.01. The summed E-state index contributed by atoms with van der Waals surface area (Å²) in [6.45, 7) is 0. The molecule has 90 valence electrons. The van der Waals surface area contributed by atoms with E-state index in [2.05, 4.69) is 4.74 Å². The van der Waals surface area contributed by atoms with E-state index in [4.69, 9.17) is 9.47 Å². The Morgan fingerprint density at radius 1 is 0.875 bits per heavy atom. The third kappa shape index (κ3) is 2.15. The molecule has 0 atom stereocenters. The highest BCUT2D eigenvalue weighted by Gasteiger charge is 2.39. The molecule has 0 radical (unpaired) electrons. The Labute approximate surface area is 90.7 Å². The molecule has 6 heteroatoms. The monoisotopic (exact) mass is 236 g/mol. The fraction of sp³-hybridized carbons (Fsp3) is 0.400. The predicted molar refractivity (Wildman–Crippen MR) is 51.1 cm³/mol. The number of alkyl halides is 3. The highest BCUT2D eigenvalue weighted by atomic mass is 19.4. The molecule has 0 fully saturated rings. The lowest BCUT2D eigenvalue weighted by Gasteiger charge is -2.17. The van der Waals surface area contributed by atoms with E-state index in [1.807, 2.05) is 0 Å². The number of ether oxygens (including phenoxy) is 3. The molecule has 0 spiro atoms. The van der Waals surface area contributed by atoms with Crippen molar-refractivity contribution < 1.29 is 27.4 Å². The molecule has 0 heterocycles. The molecule has 0 aliphatic carbocycles. The van der Waals surface area contributed by atoms with E-state index in [9.17, 15) is 13.2 Å². The Morgan fingerprint density at radius 3 is 1.75 bits per heavy atom. The van der Waals surface area contributed by atoms with Gasteiger partial charge in [0.2, 0.25) is 0 Å². The van der Waals surface area contributed by atoms with Crippen LogP contribution in [0.1, 0.15) is 5.56 Å². The van der Waals surface area contributed by atoms with Crippen LogP contribution in [0.2, 0.25) is 0 Å². The van der Waals surface area contributed by atoms with Gasteiger partial charge >= 0.3 is 6.18 Å². The van der Waals surface area contributed by atoms with Crippen molar-refractivity contribution >= 4 is 0 Å². The van der Waals surface area contributed by atoms with Gasteiger partial charge in [-0.25, -0.2) is 0 Å². The van der Waals surface area contributed by atoms with Crippen LogP contribution in [0.25, 0.3) is 0 Å². The van der Waals surface area contributed by atoms with Gasteiger partial charge in [-0.1, -0.05) is 0 Å². The van der Waals surface area contributed by atoms with Gasteiger partial charge in [-0.05, 0) is 12.1 Å². The van der Waals surface area contributed by atoms with E-state index in [1.165, 1.54) is 19.2 Å². The first-order valence-corrected chi connectivity index (χ1v) is 4.31. The lowest BCUT2D eigenvalue weighted by atomic mass is 10.1. The van der Waals surface area contributed by atoms with Gasteiger partial charge in [0.25, 0.3) is 0 Å². The first-order valence-electron chi connectivity index (χ1n) is 4.31. The van der Waals surface area contributed by atoms with Crippen molar-refractivity contribution in [1.29, 1.82) is 0 Å². The van der Waals surface area contributed by atoms with Gasteiger partial charge in [0.15, 0.2) is 11.5 Å². The Bertz CT molecular complexity index is 374. The van der Waals surface area contributed by atoms with Crippen molar-refractivity contribution in [3.8, 4) is 17.2 Å². The zero-order valence-electron chi connectivity index (χ0n) is 9.01. The molecular weight excluding hydrogens is 225 g/mol. The Morgan fingerprint density at radius 2 is 1.38 bits per heavy atom. The molecule has 3 nitrogen and oxygen atoms in total.